The molecule has 0 unspecified atom stereocenters. The lowest BCUT2D eigenvalue weighted by Crippen LogP contribution is -2.14. The van der Waals surface area contributed by atoms with E-state index in [1.807, 2.05) is 30.5 Å². The van der Waals surface area contributed by atoms with Gasteiger partial charge in [-0.15, -0.1) is 11.3 Å². The molecule has 1 aromatic carbocycles. The minimum Gasteiger partial charge on any atom is -0.309 e. The van der Waals surface area contributed by atoms with Crippen LogP contribution in [0.4, 0.5) is 0 Å². The van der Waals surface area contributed by atoms with Gasteiger partial charge in [-0.25, -0.2) is 4.98 Å². The lowest BCUT2D eigenvalue weighted by molar-refractivity contribution is 0.694. The van der Waals surface area contributed by atoms with E-state index in [0.29, 0.717) is 0 Å². The average Bonchev–Trinajstić information content (AvgIpc) is 3.04. The van der Waals surface area contributed by atoms with Gasteiger partial charge < -0.3 is 5.32 Å². The maximum Gasteiger partial charge on any atom is 0.123 e. The summed E-state index contributed by atoms with van der Waals surface area (Å²) in [6.07, 6.45) is 4.59. The number of nitrogens with one attached hydrogen (secondary N) is 1. The highest BCUT2D eigenvalue weighted by atomic mass is 35.5. The molecule has 1 aromatic heterocycles. The predicted molar refractivity (Wildman–Crippen MR) is 72.4 cm³/mol. The number of benzene rings is 1. The minimum atomic E-state index is 0.742. The Morgan fingerprint density at radius 1 is 1.41 bits per heavy atom. The maximum atomic E-state index is 5.98. The number of nitrogens with zero attached hydrogens (tertiary/aromatic N) is 1. The summed E-state index contributed by atoms with van der Waals surface area (Å²) >= 11 is 7.71. The van der Waals surface area contributed by atoms with Gasteiger partial charge >= 0.3 is 0 Å². The van der Waals surface area contributed by atoms with Crippen LogP contribution < -0.4 is 5.32 Å². The van der Waals surface area contributed by atoms with Crippen molar-refractivity contribution in [2.24, 2.45) is 0 Å². The average molecular weight is 265 g/mol. The van der Waals surface area contributed by atoms with Crippen molar-refractivity contribution < 1.29 is 0 Å². The van der Waals surface area contributed by atoms with E-state index in [4.69, 9.17) is 11.6 Å². The van der Waals surface area contributed by atoms with Crippen molar-refractivity contribution >= 4 is 22.9 Å². The van der Waals surface area contributed by atoms with E-state index in [0.717, 1.165) is 28.2 Å². The molecule has 1 fully saturated rings. The summed E-state index contributed by atoms with van der Waals surface area (Å²) < 4.78 is 0. The molecular formula is C13H13ClN2S. The number of thiazole rings is 1. The van der Waals surface area contributed by atoms with Gasteiger partial charge in [-0.05, 0) is 25.0 Å². The Kier molecular flexibility index (Phi) is 3.14. The van der Waals surface area contributed by atoms with Crippen molar-refractivity contribution in [2.75, 3.05) is 0 Å². The van der Waals surface area contributed by atoms with Gasteiger partial charge in [-0.1, -0.05) is 23.7 Å². The van der Waals surface area contributed by atoms with E-state index in [9.17, 15) is 0 Å². The summed E-state index contributed by atoms with van der Waals surface area (Å²) in [7, 11) is 0. The van der Waals surface area contributed by atoms with Gasteiger partial charge in [0.1, 0.15) is 5.01 Å². The molecule has 2 aromatic rings. The number of hydrogen-bond acceptors (Lipinski definition) is 3. The first-order valence-electron chi connectivity index (χ1n) is 5.75. The first-order valence-corrected chi connectivity index (χ1v) is 6.95. The van der Waals surface area contributed by atoms with Gasteiger partial charge in [0.25, 0.3) is 0 Å². The number of hydrogen-bond donors (Lipinski definition) is 1. The monoisotopic (exact) mass is 264 g/mol. The smallest absolute Gasteiger partial charge is 0.123 e. The maximum absolute atomic E-state index is 5.98. The molecular weight excluding hydrogens is 252 g/mol. The highest BCUT2D eigenvalue weighted by Crippen LogP contribution is 2.27. The Morgan fingerprint density at radius 3 is 3.06 bits per heavy atom. The van der Waals surface area contributed by atoms with Crippen LogP contribution in [0.1, 0.15) is 17.7 Å². The molecule has 1 saturated carbocycles. The lowest BCUT2D eigenvalue weighted by Gasteiger charge is -1.98. The third kappa shape index (κ3) is 2.86. The highest BCUT2D eigenvalue weighted by molar-refractivity contribution is 7.15. The second-order valence-electron chi connectivity index (χ2n) is 4.30. The number of aromatic nitrogens is 1. The molecule has 0 radical (unpaired) electrons. The summed E-state index contributed by atoms with van der Waals surface area (Å²) in [6.45, 7) is 0.933. The SMILES string of the molecule is Clc1cccc(-c2ncc(CNC3CC3)s2)c1. The Bertz CT molecular complexity index is 520. The van der Waals surface area contributed by atoms with Crippen molar-refractivity contribution in [3.8, 4) is 10.6 Å². The standard InChI is InChI=1S/C13H13ClN2S/c14-10-3-1-2-9(6-10)13-16-8-12(17-13)7-15-11-4-5-11/h1-3,6,8,11,15H,4-5,7H2. The van der Waals surface area contributed by atoms with Crippen LogP contribution in [0.5, 0.6) is 0 Å². The summed E-state index contributed by atoms with van der Waals surface area (Å²) in [5.74, 6) is 0. The minimum absolute atomic E-state index is 0.742. The third-order valence-electron chi connectivity index (χ3n) is 2.77. The van der Waals surface area contributed by atoms with Gasteiger partial charge in [0.15, 0.2) is 0 Å². The fourth-order valence-electron chi connectivity index (χ4n) is 1.68. The zero-order valence-electron chi connectivity index (χ0n) is 9.32. The van der Waals surface area contributed by atoms with Gasteiger partial charge in [0.2, 0.25) is 0 Å². The van der Waals surface area contributed by atoms with Crippen molar-refractivity contribution in [3.05, 3.63) is 40.4 Å². The number of rotatable bonds is 4. The van der Waals surface area contributed by atoms with E-state index < -0.39 is 0 Å². The molecule has 1 heterocycles. The Morgan fingerprint density at radius 2 is 2.29 bits per heavy atom. The van der Waals surface area contributed by atoms with Crippen LogP contribution in [0.3, 0.4) is 0 Å². The van der Waals surface area contributed by atoms with Crippen LogP contribution in [0.15, 0.2) is 30.5 Å². The van der Waals surface area contributed by atoms with Crippen molar-refractivity contribution in [2.45, 2.75) is 25.4 Å². The molecule has 0 spiro atoms. The van der Waals surface area contributed by atoms with Crippen molar-refractivity contribution in [1.82, 2.24) is 10.3 Å². The predicted octanol–water partition coefficient (Wildman–Crippen LogP) is 3.72. The summed E-state index contributed by atoms with van der Waals surface area (Å²) in [5.41, 5.74) is 1.10. The summed E-state index contributed by atoms with van der Waals surface area (Å²) in [5, 5.41) is 5.29. The molecule has 0 aliphatic heterocycles. The highest BCUT2D eigenvalue weighted by Gasteiger charge is 2.20. The Labute approximate surface area is 110 Å². The molecule has 1 aliphatic rings. The van der Waals surface area contributed by atoms with Crippen molar-refractivity contribution in [3.63, 3.8) is 0 Å². The van der Waals surface area contributed by atoms with E-state index >= 15 is 0 Å². The molecule has 0 bridgehead atoms. The van der Waals surface area contributed by atoms with Crippen LogP contribution >= 0.6 is 22.9 Å². The zero-order valence-corrected chi connectivity index (χ0v) is 10.9. The largest absolute Gasteiger partial charge is 0.309 e. The van der Waals surface area contributed by atoms with E-state index in [2.05, 4.69) is 10.3 Å². The second-order valence-corrected chi connectivity index (χ2v) is 5.85. The second kappa shape index (κ2) is 4.77. The molecule has 88 valence electrons. The number of halogens is 1. The van der Waals surface area contributed by atoms with E-state index in [-0.39, 0.29) is 0 Å². The normalized spacial score (nSPS) is 15.1. The molecule has 2 nitrogen and oxygen atoms in total. The topological polar surface area (TPSA) is 24.9 Å². The fraction of sp³-hybridized carbons (Fsp3) is 0.308. The third-order valence-corrected chi connectivity index (χ3v) is 4.05. The summed E-state index contributed by atoms with van der Waals surface area (Å²) in [6, 6.07) is 8.59. The van der Waals surface area contributed by atoms with Gasteiger partial charge in [-0.2, -0.15) is 0 Å². The van der Waals surface area contributed by atoms with E-state index in [1.165, 1.54) is 17.7 Å². The molecule has 0 amide bonds. The van der Waals surface area contributed by atoms with Gasteiger partial charge in [0.05, 0.1) is 0 Å². The molecule has 17 heavy (non-hydrogen) atoms. The molecule has 4 heteroatoms. The van der Waals surface area contributed by atoms with Crippen LogP contribution in [-0.4, -0.2) is 11.0 Å². The molecule has 3 rings (SSSR count). The molecule has 0 saturated heterocycles. The van der Waals surface area contributed by atoms with E-state index in [1.54, 1.807) is 11.3 Å². The van der Waals surface area contributed by atoms with Crippen LogP contribution in [0, 0.1) is 0 Å². The summed E-state index contributed by atoms with van der Waals surface area (Å²) in [4.78, 5) is 5.73. The first-order chi connectivity index (χ1) is 8.31. The zero-order chi connectivity index (χ0) is 11.7. The Hall–Kier alpha value is -0.900. The molecule has 1 N–H and O–H groups in total. The van der Waals surface area contributed by atoms with Gasteiger partial charge in [0, 0.05) is 34.2 Å². The fourth-order valence-corrected chi connectivity index (χ4v) is 2.73. The first kappa shape index (κ1) is 11.2. The van der Waals surface area contributed by atoms with Crippen molar-refractivity contribution in [1.29, 1.82) is 0 Å². The van der Waals surface area contributed by atoms with Crippen LogP contribution in [0.2, 0.25) is 5.02 Å². The lowest BCUT2D eigenvalue weighted by atomic mass is 10.2. The Balaban J connectivity index is 1.74. The molecule has 1 aliphatic carbocycles. The quantitative estimate of drug-likeness (QED) is 0.911. The van der Waals surface area contributed by atoms with Gasteiger partial charge in [-0.3, -0.25) is 0 Å². The van der Waals surface area contributed by atoms with Crippen LogP contribution in [0.25, 0.3) is 10.6 Å². The van der Waals surface area contributed by atoms with Crippen LogP contribution in [-0.2, 0) is 6.54 Å². The molecule has 0 atom stereocenters.